The summed E-state index contributed by atoms with van der Waals surface area (Å²) < 4.78 is 0.960. The third-order valence-corrected chi connectivity index (χ3v) is 7.08. The lowest BCUT2D eigenvalue weighted by Gasteiger charge is -2.01. The number of anilines is 1. The fraction of sp³-hybridized carbons (Fsp3) is 0.0952. The van der Waals surface area contributed by atoms with Crippen LogP contribution in [0.1, 0.15) is 10.4 Å². The van der Waals surface area contributed by atoms with Crippen LogP contribution in [-0.4, -0.2) is 36.8 Å². The lowest BCUT2D eigenvalue weighted by atomic mass is 10.1. The second-order valence-corrected chi connectivity index (χ2v) is 10.3. The van der Waals surface area contributed by atoms with Gasteiger partial charge in [-0.25, -0.2) is 9.97 Å². The Morgan fingerprint density at radius 2 is 2.03 bits per heavy atom. The van der Waals surface area contributed by atoms with E-state index in [4.69, 9.17) is 11.6 Å². The number of fused-ring (bicyclic) bond motifs is 3. The highest BCUT2D eigenvalue weighted by atomic mass is 79.9. The van der Waals surface area contributed by atoms with Gasteiger partial charge >= 0.3 is 0 Å². The molecule has 0 unspecified atom stereocenters. The predicted molar refractivity (Wildman–Crippen MR) is 133 cm³/mol. The van der Waals surface area contributed by atoms with E-state index in [0.29, 0.717) is 26.5 Å². The number of halogens is 2. The van der Waals surface area contributed by atoms with E-state index in [1.165, 1.54) is 23.1 Å². The Labute approximate surface area is 204 Å². The van der Waals surface area contributed by atoms with Crippen molar-refractivity contribution >= 4 is 83.7 Å². The number of nitrogens with zero attached hydrogens (tertiary/aromatic N) is 4. The Morgan fingerprint density at radius 1 is 1.19 bits per heavy atom. The minimum absolute atomic E-state index is 0.158. The molecule has 0 aliphatic carbocycles. The van der Waals surface area contributed by atoms with Gasteiger partial charge in [0, 0.05) is 37.9 Å². The lowest BCUT2D eigenvalue weighted by Crippen LogP contribution is -2.14. The van der Waals surface area contributed by atoms with Crippen molar-refractivity contribution in [1.82, 2.24) is 25.1 Å². The van der Waals surface area contributed by atoms with Crippen molar-refractivity contribution in [1.29, 1.82) is 0 Å². The van der Waals surface area contributed by atoms with Crippen LogP contribution in [0.15, 0.2) is 58.3 Å². The second kappa shape index (κ2) is 9.14. The summed E-state index contributed by atoms with van der Waals surface area (Å²) in [6, 6.07) is 13.6. The molecule has 1 amide bonds. The van der Waals surface area contributed by atoms with E-state index in [2.05, 4.69) is 46.4 Å². The average Bonchev–Trinajstić information content (AvgIpc) is 3.37. The predicted octanol–water partition coefficient (Wildman–Crippen LogP) is 5.70. The molecule has 0 saturated carbocycles. The van der Waals surface area contributed by atoms with Crippen molar-refractivity contribution in [3.63, 3.8) is 0 Å². The number of hydrogen-bond donors (Lipinski definition) is 2. The van der Waals surface area contributed by atoms with Crippen LogP contribution in [0.5, 0.6) is 0 Å². The van der Waals surface area contributed by atoms with Crippen molar-refractivity contribution in [2.45, 2.75) is 11.6 Å². The van der Waals surface area contributed by atoms with Crippen molar-refractivity contribution in [3.05, 3.63) is 68.6 Å². The van der Waals surface area contributed by atoms with Crippen LogP contribution < -0.4 is 5.32 Å². The number of H-pyrrole nitrogens is 1. The number of thiazole rings is 1. The van der Waals surface area contributed by atoms with Crippen LogP contribution in [0.25, 0.3) is 22.1 Å². The second-order valence-electron chi connectivity index (χ2n) is 6.88. The summed E-state index contributed by atoms with van der Waals surface area (Å²) in [5, 5.41) is 13.9. The van der Waals surface area contributed by atoms with Crippen LogP contribution in [-0.2, 0) is 11.2 Å². The molecule has 0 spiro atoms. The maximum absolute atomic E-state index is 12.4. The standard InChI is InChI=1S/C21H14BrClN6OS2/c22-12-3-6-16-15(8-12)18-19(25-16)27-21(29-28-18)31-10-17(30)26-20-24-9-14(32-20)7-11-1-4-13(23)5-2-11/h1-6,8-9H,7,10H2,(H,24,26,30)(H,25,27,29). The first-order valence-corrected chi connectivity index (χ1v) is 12.4. The number of nitrogens with one attached hydrogen (secondary N) is 2. The molecule has 160 valence electrons. The maximum Gasteiger partial charge on any atom is 0.236 e. The maximum atomic E-state index is 12.4. The molecule has 3 heterocycles. The molecule has 0 fully saturated rings. The minimum Gasteiger partial charge on any atom is -0.338 e. The topological polar surface area (TPSA) is 96.5 Å². The normalized spacial score (nSPS) is 11.3. The number of carbonyl (C=O) groups excluding carboxylic acids is 1. The van der Waals surface area contributed by atoms with Gasteiger partial charge in [-0.05, 0) is 35.9 Å². The first-order chi connectivity index (χ1) is 15.5. The molecule has 5 rings (SSSR count). The van der Waals surface area contributed by atoms with Crippen molar-refractivity contribution < 1.29 is 4.79 Å². The molecule has 0 aliphatic heterocycles. The van der Waals surface area contributed by atoms with Gasteiger partial charge in [-0.1, -0.05) is 51.4 Å². The van der Waals surface area contributed by atoms with E-state index >= 15 is 0 Å². The van der Waals surface area contributed by atoms with Gasteiger partial charge in [0.05, 0.1) is 5.75 Å². The molecule has 0 atom stereocenters. The zero-order chi connectivity index (χ0) is 22.1. The number of benzene rings is 2. The summed E-state index contributed by atoms with van der Waals surface area (Å²) >= 11 is 12.1. The highest BCUT2D eigenvalue weighted by molar-refractivity contribution is 9.10. The van der Waals surface area contributed by atoms with E-state index in [9.17, 15) is 4.79 Å². The first kappa shape index (κ1) is 21.3. The number of amides is 1. The SMILES string of the molecule is O=C(CSc1nnc2c(n1)[nH]c1ccc(Br)cc12)Nc1ncc(Cc2ccc(Cl)cc2)s1. The fourth-order valence-corrected chi connectivity index (χ4v) is 5.06. The van der Waals surface area contributed by atoms with E-state index in [1.807, 2.05) is 42.5 Å². The summed E-state index contributed by atoms with van der Waals surface area (Å²) in [4.78, 5) is 25.4. The van der Waals surface area contributed by atoms with Gasteiger partial charge < -0.3 is 10.3 Å². The molecule has 7 nitrogen and oxygen atoms in total. The molecule has 0 saturated heterocycles. The number of aromatic amines is 1. The number of hydrogen-bond acceptors (Lipinski definition) is 7. The first-order valence-electron chi connectivity index (χ1n) is 9.47. The number of thioether (sulfide) groups is 1. The summed E-state index contributed by atoms with van der Waals surface area (Å²) in [6.07, 6.45) is 2.51. The molecule has 3 aromatic heterocycles. The van der Waals surface area contributed by atoms with Crippen LogP contribution in [0.3, 0.4) is 0 Å². The molecule has 0 bridgehead atoms. The number of aromatic nitrogens is 5. The zero-order valence-corrected chi connectivity index (χ0v) is 20.3. The highest BCUT2D eigenvalue weighted by Gasteiger charge is 2.12. The lowest BCUT2D eigenvalue weighted by molar-refractivity contribution is -0.113. The highest BCUT2D eigenvalue weighted by Crippen LogP contribution is 2.27. The molecular formula is C21H14BrClN6OS2. The zero-order valence-electron chi connectivity index (χ0n) is 16.3. The Morgan fingerprint density at radius 3 is 2.88 bits per heavy atom. The van der Waals surface area contributed by atoms with Crippen LogP contribution >= 0.6 is 50.6 Å². The Hall–Kier alpha value is -2.53. The van der Waals surface area contributed by atoms with Crippen molar-refractivity contribution in [3.8, 4) is 0 Å². The molecular weight excluding hydrogens is 532 g/mol. The van der Waals surface area contributed by atoms with E-state index in [1.54, 1.807) is 6.20 Å². The van der Waals surface area contributed by atoms with Gasteiger partial charge in [0.2, 0.25) is 11.1 Å². The molecule has 11 heteroatoms. The van der Waals surface area contributed by atoms with Crippen molar-refractivity contribution in [2.75, 3.05) is 11.1 Å². The molecule has 5 aromatic rings. The number of carbonyl (C=O) groups is 1. The summed E-state index contributed by atoms with van der Waals surface area (Å²) in [5.41, 5.74) is 3.41. The molecule has 2 N–H and O–H groups in total. The van der Waals surface area contributed by atoms with Gasteiger partial charge in [0.15, 0.2) is 10.8 Å². The van der Waals surface area contributed by atoms with E-state index < -0.39 is 0 Å². The fourth-order valence-electron chi connectivity index (χ4n) is 3.13. The van der Waals surface area contributed by atoms with E-state index in [0.717, 1.165) is 32.2 Å². The summed E-state index contributed by atoms with van der Waals surface area (Å²) in [5.74, 6) is -0.0166. The smallest absolute Gasteiger partial charge is 0.236 e. The Balaban J connectivity index is 1.20. The summed E-state index contributed by atoms with van der Waals surface area (Å²) in [7, 11) is 0. The Bertz CT molecular complexity index is 1440. The van der Waals surface area contributed by atoms with Crippen molar-refractivity contribution in [2.24, 2.45) is 0 Å². The van der Waals surface area contributed by atoms with E-state index in [-0.39, 0.29) is 11.7 Å². The molecule has 2 aromatic carbocycles. The van der Waals surface area contributed by atoms with Gasteiger partial charge in [0.1, 0.15) is 5.52 Å². The average molecular weight is 546 g/mol. The monoisotopic (exact) mass is 544 g/mol. The van der Waals surface area contributed by atoms with Gasteiger partial charge in [0.25, 0.3) is 0 Å². The molecule has 0 aliphatic rings. The van der Waals surface area contributed by atoms with Crippen LogP contribution in [0.4, 0.5) is 5.13 Å². The third-order valence-electron chi connectivity index (χ3n) is 4.58. The summed E-state index contributed by atoms with van der Waals surface area (Å²) in [6.45, 7) is 0. The third kappa shape index (κ3) is 4.78. The van der Waals surface area contributed by atoms with Gasteiger partial charge in [-0.2, -0.15) is 0 Å². The quantitative estimate of drug-likeness (QED) is 0.266. The Kier molecular flexibility index (Phi) is 6.09. The molecule has 32 heavy (non-hydrogen) atoms. The number of rotatable bonds is 6. The van der Waals surface area contributed by atoms with Gasteiger partial charge in [-0.15, -0.1) is 21.5 Å². The minimum atomic E-state index is -0.174. The molecule has 0 radical (unpaired) electrons. The van der Waals surface area contributed by atoms with Gasteiger partial charge in [-0.3, -0.25) is 4.79 Å². The van der Waals surface area contributed by atoms with Crippen LogP contribution in [0, 0.1) is 0 Å². The van der Waals surface area contributed by atoms with Crippen LogP contribution in [0.2, 0.25) is 5.02 Å². The largest absolute Gasteiger partial charge is 0.338 e.